The number of aromatic carboxylic acids is 1. The molecule has 1 fully saturated rings. The minimum Gasteiger partial charge on any atom is -0.478 e. The van der Waals surface area contributed by atoms with Gasteiger partial charge in [0.2, 0.25) is 0 Å². The van der Waals surface area contributed by atoms with Crippen LogP contribution in [-0.2, 0) is 11.2 Å². The number of carboxylic acid groups (broad SMARTS) is 1. The number of halogens is 1. The van der Waals surface area contributed by atoms with Crippen LogP contribution in [0, 0.1) is 10.1 Å². The summed E-state index contributed by atoms with van der Waals surface area (Å²) in [5.74, 6) is -0.604. The minimum atomic E-state index is -1.15. The number of benzene rings is 3. The van der Waals surface area contributed by atoms with Gasteiger partial charge in [-0.25, -0.2) is 9.79 Å². The summed E-state index contributed by atoms with van der Waals surface area (Å²) in [5, 5.41) is 22.1. The summed E-state index contributed by atoms with van der Waals surface area (Å²) < 4.78 is 5.94. The second-order valence-corrected chi connectivity index (χ2v) is 11.0. The molecule has 0 bridgehead atoms. The first-order chi connectivity index (χ1) is 20.8. The fourth-order valence-corrected chi connectivity index (χ4v) is 5.88. The Bertz CT molecular complexity index is 1960. The van der Waals surface area contributed by atoms with Gasteiger partial charge in [0.25, 0.3) is 11.6 Å². The van der Waals surface area contributed by atoms with E-state index >= 15 is 0 Å². The second-order valence-electron chi connectivity index (χ2n) is 9.55. The van der Waals surface area contributed by atoms with Crippen molar-refractivity contribution in [1.82, 2.24) is 9.88 Å². The van der Waals surface area contributed by atoms with E-state index < -0.39 is 10.9 Å². The molecule has 0 radical (unpaired) electrons. The van der Waals surface area contributed by atoms with E-state index in [4.69, 9.17) is 16.0 Å². The number of nitrogens with one attached hydrogen (secondary N) is 1. The number of nitro groups is 1. The fraction of sp³-hybridized carbons (Fsp3) is 0.0645. The number of fused-ring (bicyclic) bond motifs is 1. The van der Waals surface area contributed by atoms with Gasteiger partial charge in [-0.15, -0.1) is 0 Å². The van der Waals surface area contributed by atoms with Crippen LogP contribution < -0.4 is 0 Å². The Morgan fingerprint density at radius 1 is 1.12 bits per heavy atom. The third-order valence-electron chi connectivity index (χ3n) is 6.83. The van der Waals surface area contributed by atoms with Crippen molar-refractivity contribution >= 4 is 68.8 Å². The van der Waals surface area contributed by atoms with Crippen molar-refractivity contribution in [1.29, 1.82) is 0 Å². The average molecular weight is 613 g/mol. The number of aromatic nitrogens is 1. The third kappa shape index (κ3) is 5.81. The molecule has 0 spiro atoms. The number of para-hydroxylation sites is 1. The van der Waals surface area contributed by atoms with E-state index in [0.717, 1.165) is 16.5 Å². The Labute approximate surface area is 253 Å². The number of nitro benzene ring substituents is 1. The lowest BCUT2D eigenvalue weighted by Crippen LogP contribution is -2.31. The molecule has 10 nitrogen and oxygen atoms in total. The quantitative estimate of drug-likeness (QED) is 0.105. The number of thioether (sulfide) groups is 1. The number of amides is 1. The van der Waals surface area contributed by atoms with Gasteiger partial charge in [-0.1, -0.05) is 29.8 Å². The minimum absolute atomic E-state index is 0.0464. The van der Waals surface area contributed by atoms with Crippen LogP contribution in [0.25, 0.3) is 28.3 Å². The number of carbonyl (C=O) groups is 2. The number of hydrogen-bond donors (Lipinski definition) is 2. The van der Waals surface area contributed by atoms with E-state index in [0.29, 0.717) is 45.8 Å². The number of amidine groups is 1. The summed E-state index contributed by atoms with van der Waals surface area (Å²) in [6, 6.07) is 21.7. The smallest absolute Gasteiger partial charge is 0.337 e. The van der Waals surface area contributed by atoms with Crippen LogP contribution in [0.15, 0.2) is 99.4 Å². The van der Waals surface area contributed by atoms with E-state index in [9.17, 15) is 24.8 Å². The van der Waals surface area contributed by atoms with Crippen molar-refractivity contribution in [2.24, 2.45) is 4.99 Å². The van der Waals surface area contributed by atoms with Gasteiger partial charge in [-0.3, -0.25) is 19.8 Å². The monoisotopic (exact) mass is 612 g/mol. The second kappa shape index (κ2) is 11.6. The maximum atomic E-state index is 13.6. The highest BCUT2D eigenvalue weighted by atomic mass is 35.5. The van der Waals surface area contributed by atoms with Crippen molar-refractivity contribution in [2.45, 2.75) is 6.42 Å². The first-order valence-corrected chi connectivity index (χ1v) is 14.2. The summed E-state index contributed by atoms with van der Waals surface area (Å²) in [5.41, 5.74) is 2.95. The standard InChI is InChI=1S/C31H21ClN4O6S/c32-25-11-5-18(15-24(25)30(38)39)27-12-10-22(42-27)16-28-29(37)35(14-13-19-17-33-26-4-2-1-3-23(19)26)31(43-28)34-20-6-8-21(9-7-20)36(40)41/h1-12,15-17,33H,13-14H2,(H,38,39)/b28-16+,34-31?. The van der Waals surface area contributed by atoms with E-state index in [1.807, 2.05) is 30.5 Å². The Hall–Kier alpha value is -5.13. The molecule has 43 heavy (non-hydrogen) atoms. The number of carbonyl (C=O) groups excluding carboxylic acids is 1. The number of aliphatic imine (C=N–C) groups is 1. The van der Waals surface area contributed by atoms with Gasteiger partial charge in [-0.2, -0.15) is 0 Å². The largest absolute Gasteiger partial charge is 0.478 e. The fourth-order valence-electron chi connectivity index (χ4n) is 4.68. The van der Waals surface area contributed by atoms with Crippen molar-refractivity contribution in [3.63, 3.8) is 0 Å². The topological polar surface area (TPSA) is 142 Å². The molecular weight excluding hydrogens is 592 g/mol. The molecule has 5 aromatic rings. The lowest BCUT2D eigenvalue weighted by atomic mass is 10.1. The molecule has 2 aromatic heterocycles. The van der Waals surface area contributed by atoms with Crippen LogP contribution in [-0.4, -0.2) is 43.5 Å². The van der Waals surface area contributed by atoms with Crippen molar-refractivity contribution in [2.75, 3.05) is 6.54 Å². The summed E-state index contributed by atoms with van der Waals surface area (Å²) in [6.07, 6.45) is 4.11. The summed E-state index contributed by atoms with van der Waals surface area (Å²) in [7, 11) is 0. The van der Waals surface area contributed by atoms with Crippen molar-refractivity contribution in [3.05, 3.63) is 122 Å². The maximum Gasteiger partial charge on any atom is 0.337 e. The number of H-pyrrole nitrogens is 1. The molecule has 0 unspecified atom stereocenters. The van der Waals surface area contributed by atoms with Gasteiger partial charge >= 0.3 is 5.97 Å². The van der Waals surface area contributed by atoms with E-state index in [2.05, 4.69) is 9.98 Å². The van der Waals surface area contributed by atoms with E-state index in [1.54, 1.807) is 29.2 Å². The highest BCUT2D eigenvalue weighted by molar-refractivity contribution is 8.18. The number of aromatic amines is 1. The molecule has 3 heterocycles. The average Bonchev–Trinajstić information content (AvgIpc) is 3.71. The zero-order valence-electron chi connectivity index (χ0n) is 22.2. The number of furan rings is 1. The lowest BCUT2D eigenvalue weighted by molar-refractivity contribution is -0.384. The highest BCUT2D eigenvalue weighted by Gasteiger charge is 2.33. The Morgan fingerprint density at radius 3 is 2.67 bits per heavy atom. The summed E-state index contributed by atoms with van der Waals surface area (Å²) in [4.78, 5) is 45.6. The summed E-state index contributed by atoms with van der Waals surface area (Å²) >= 11 is 7.17. The lowest BCUT2D eigenvalue weighted by Gasteiger charge is -2.15. The highest BCUT2D eigenvalue weighted by Crippen LogP contribution is 2.36. The number of rotatable bonds is 8. The molecule has 3 aromatic carbocycles. The van der Waals surface area contributed by atoms with Crippen LogP contribution in [0.1, 0.15) is 21.7 Å². The molecule has 0 saturated carbocycles. The zero-order valence-corrected chi connectivity index (χ0v) is 23.8. The molecule has 0 atom stereocenters. The summed E-state index contributed by atoms with van der Waals surface area (Å²) in [6.45, 7) is 0.350. The van der Waals surface area contributed by atoms with Gasteiger partial charge < -0.3 is 14.5 Å². The third-order valence-corrected chi connectivity index (χ3v) is 8.17. The van der Waals surface area contributed by atoms with Gasteiger partial charge in [0.1, 0.15) is 11.5 Å². The molecule has 6 rings (SSSR count). The number of non-ortho nitro benzene ring substituents is 1. The van der Waals surface area contributed by atoms with Crippen LogP contribution in [0.2, 0.25) is 5.02 Å². The molecule has 214 valence electrons. The Kier molecular flexibility index (Phi) is 7.58. The van der Waals surface area contributed by atoms with E-state index in [-0.39, 0.29) is 22.2 Å². The van der Waals surface area contributed by atoms with Crippen LogP contribution >= 0.6 is 23.4 Å². The molecule has 1 aliphatic rings. The van der Waals surface area contributed by atoms with Crippen LogP contribution in [0.3, 0.4) is 0 Å². The molecular formula is C31H21ClN4O6S. The SMILES string of the molecule is O=C(O)c1cc(-c2ccc(/C=C3/SC(=Nc4ccc([N+](=O)[O-])cc4)N(CCc4c[nH]c5ccccc45)C3=O)o2)ccc1Cl. The normalized spacial score (nSPS) is 15.2. The van der Waals surface area contributed by atoms with Gasteiger partial charge in [0, 0.05) is 47.4 Å². The number of hydrogen-bond acceptors (Lipinski definition) is 7. The molecule has 0 aliphatic carbocycles. The molecule has 1 aliphatic heterocycles. The van der Waals surface area contributed by atoms with Gasteiger partial charge in [0.05, 0.1) is 26.1 Å². The predicted molar refractivity (Wildman–Crippen MR) is 166 cm³/mol. The van der Waals surface area contributed by atoms with Gasteiger partial charge in [0.15, 0.2) is 5.17 Å². The number of carboxylic acids is 1. The molecule has 1 amide bonds. The van der Waals surface area contributed by atoms with Crippen molar-refractivity contribution in [3.8, 4) is 11.3 Å². The van der Waals surface area contributed by atoms with Crippen molar-refractivity contribution < 1.29 is 24.0 Å². The van der Waals surface area contributed by atoms with Crippen LogP contribution in [0.5, 0.6) is 0 Å². The Balaban J connectivity index is 1.30. The number of nitrogens with zero attached hydrogens (tertiary/aromatic N) is 3. The van der Waals surface area contributed by atoms with Crippen LogP contribution in [0.4, 0.5) is 11.4 Å². The first-order valence-electron chi connectivity index (χ1n) is 13.0. The maximum absolute atomic E-state index is 13.6. The van der Waals surface area contributed by atoms with E-state index in [1.165, 1.54) is 48.2 Å². The molecule has 12 heteroatoms. The predicted octanol–water partition coefficient (Wildman–Crippen LogP) is 7.53. The van der Waals surface area contributed by atoms with Gasteiger partial charge in [-0.05, 0) is 72.3 Å². The Morgan fingerprint density at radius 2 is 1.91 bits per heavy atom. The first kappa shape index (κ1) is 28.0. The zero-order chi connectivity index (χ0) is 30.1. The molecule has 1 saturated heterocycles. The molecule has 2 N–H and O–H groups in total.